The third-order valence-electron chi connectivity index (χ3n) is 6.49. The molecule has 166 valence electrons. The van der Waals surface area contributed by atoms with Crippen LogP contribution in [0.1, 0.15) is 69.2 Å². The van der Waals surface area contributed by atoms with Gasteiger partial charge >= 0.3 is 5.97 Å². The Hall–Kier alpha value is -3.35. The number of nitrogens with zero attached hydrogens (tertiary/aromatic N) is 3. The van der Waals surface area contributed by atoms with Gasteiger partial charge in [0.25, 0.3) is 0 Å². The largest absolute Gasteiger partial charge is 0.481 e. The molecule has 0 amide bonds. The lowest BCUT2D eigenvalue weighted by molar-refractivity contribution is -0.142. The summed E-state index contributed by atoms with van der Waals surface area (Å²) >= 11 is 0. The van der Waals surface area contributed by atoms with Gasteiger partial charge in [-0.15, -0.1) is 0 Å². The van der Waals surface area contributed by atoms with Gasteiger partial charge in [-0.05, 0) is 63.3 Å². The van der Waals surface area contributed by atoms with Crippen molar-refractivity contribution in [2.75, 3.05) is 5.32 Å². The van der Waals surface area contributed by atoms with E-state index in [1.54, 1.807) is 20.0 Å². The van der Waals surface area contributed by atoms with Gasteiger partial charge in [-0.25, -0.2) is 4.98 Å². The SMILES string of the molecule is CC(C)(C(=O)O)c1cccc(Nc2cc(Oc3cn(C4CC4)nc3C3CCC3)ccn2)c1. The monoisotopic (exact) mass is 432 g/mol. The minimum atomic E-state index is -0.976. The average molecular weight is 433 g/mol. The normalized spacial score (nSPS) is 16.4. The van der Waals surface area contributed by atoms with Gasteiger partial charge in [0.2, 0.25) is 0 Å². The highest BCUT2D eigenvalue weighted by atomic mass is 16.5. The van der Waals surface area contributed by atoms with Gasteiger partial charge in [0.1, 0.15) is 17.3 Å². The Kier molecular flexibility index (Phi) is 5.12. The van der Waals surface area contributed by atoms with Gasteiger partial charge in [-0.1, -0.05) is 18.6 Å². The summed E-state index contributed by atoms with van der Waals surface area (Å²) in [5, 5.41) is 17.6. The minimum Gasteiger partial charge on any atom is -0.481 e. The van der Waals surface area contributed by atoms with Gasteiger partial charge in [0.15, 0.2) is 5.75 Å². The van der Waals surface area contributed by atoms with E-state index in [0.29, 0.717) is 23.5 Å². The number of hydrogen-bond donors (Lipinski definition) is 2. The number of ether oxygens (including phenoxy) is 1. The van der Waals surface area contributed by atoms with Crippen LogP contribution in [0.25, 0.3) is 0 Å². The van der Waals surface area contributed by atoms with E-state index in [9.17, 15) is 9.90 Å². The standard InChI is InChI=1S/C25H28N4O3/c1-25(2,24(30)31)17-7-4-8-18(13-17)27-22-14-20(11-12-26-22)32-21-15-29(19-9-10-19)28-23(21)16-5-3-6-16/h4,7-8,11-16,19H,3,5-6,9-10H2,1-2H3,(H,26,27)(H,30,31). The first-order valence-electron chi connectivity index (χ1n) is 11.2. The van der Waals surface area contributed by atoms with E-state index in [1.165, 1.54) is 32.1 Å². The molecule has 2 fully saturated rings. The third kappa shape index (κ3) is 4.07. The Morgan fingerprint density at radius 2 is 2.00 bits per heavy atom. The van der Waals surface area contributed by atoms with Crippen molar-refractivity contribution in [1.29, 1.82) is 0 Å². The molecule has 0 saturated heterocycles. The number of carboxylic acids is 1. The number of aliphatic carboxylic acids is 1. The molecule has 3 aromatic rings. The zero-order chi connectivity index (χ0) is 22.3. The van der Waals surface area contributed by atoms with Gasteiger partial charge in [-0.3, -0.25) is 9.48 Å². The summed E-state index contributed by atoms with van der Waals surface area (Å²) in [7, 11) is 0. The van der Waals surface area contributed by atoms with E-state index in [0.717, 1.165) is 22.7 Å². The van der Waals surface area contributed by atoms with Crippen LogP contribution in [0, 0.1) is 0 Å². The fourth-order valence-corrected chi connectivity index (χ4v) is 3.89. The lowest BCUT2D eigenvalue weighted by Gasteiger charge is -2.24. The number of benzene rings is 1. The number of nitrogens with one attached hydrogen (secondary N) is 1. The Morgan fingerprint density at radius 1 is 1.19 bits per heavy atom. The second-order valence-electron chi connectivity index (χ2n) is 9.33. The molecule has 0 unspecified atom stereocenters. The molecule has 0 spiro atoms. The number of anilines is 2. The second-order valence-corrected chi connectivity index (χ2v) is 9.33. The van der Waals surface area contributed by atoms with E-state index < -0.39 is 11.4 Å². The number of hydrogen-bond acceptors (Lipinski definition) is 5. The molecule has 0 bridgehead atoms. The van der Waals surface area contributed by atoms with Gasteiger partial charge in [0, 0.05) is 23.9 Å². The molecule has 2 heterocycles. The minimum absolute atomic E-state index is 0.491. The van der Waals surface area contributed by atoms with Crippen LogP contribution in [-0.2, 0) is 10.2 Å². The van der Waals surface area contributed by atoms with E-state index in [1.807, 2.05) is 42.6 Å². The number of rotatable bonds is 8. The van der Waals surface area contributed by atoms with Gasteiger partial charge in [0.05, 0.1) is 17.7 Å². The molecule has 0 atom stereocenters. The predicted octanol–water partition coefficient (Wildman–Crippen LogP) is 5.78. The van der Waals surface area contributed by atoms with Gasteiger partial charge in [-0.2, -0.15) is 5.10 Å². The van der Waals surface area contributed by atoms with Crippen LogP contribution in [0.3, 0.4) is 0 Å². The van der Waals surface area contributed by atoms with Crippen molar-refractivity contribution in [3.8, 4) is 11.5 Å². The highest BCUT2D eigenvalue weighted by Crippen LogP contribution is 2.44. The van der Waals surface area contributed by atoms with Crippen molar-refractivity contribution in [2.45, 2.75) is 63.3 Å². The summed E-state index contributed by atoms with van der Waals surface area (Å²) in [5.41, 5.74) is 1.59. The maximum absolute atomic E-state index is 11.6. The van der Waals surface area contributed by atoms with Crippen LogP contribution in [0.5, 0.6) is 11.5 Å². The number of aromatic nitrogens is 3. The zero-order valence-corrected chi connectivity index (χ0v) is 18.4. The van der Waals surface area contributed by atoms with Crippen LogP contribution in [0.2, 0.25) is 0 Å². The highest BCUT2D eigenvalue weighted by Gasteiger charge is 2.31. The molecule has 2 aromatic heterocycles. The number of pyridine rings is 1. The molecule has 5 rings (SSSR count). The average Bonchev–Trinajstić information content (AvgIpc) is 3.50. The van der Waals surface area contributed by atoms with Crippen LogP contribution in [0.15, 0.2) is 48.8 Å². The van der Waals surface area contributed by atoms with Crippen molar-refractivity contribution in [3.63, 3.8) is 0 Å². The van der Waals surface area contributed by atoms with E-state index in [4.69, 9.17) is 9.84 Å². The van der Waals surface area contributed by atoms with Crippen molar-refractivity contribution >= 4 is 17.5 Å². The van der Waals surface area contributed by atoms with E-state index in [2.05, 4.69) is 15.0 Å². The predicted molar refractivity (Wildman–Crippen MR) is 122 cm³/mol. The second kappa shape index (κ2) is 7.97. The Morgan fingerprint density at radius 3 is 2.69 bits per heavy atom. The molecule has 2 saturated carbocycles. The van der Waals surface area contributed by atoms with Crippen LogP contribution >= 0.6 is 0 Å². The molecule has 1 aromatic carbocycles. The summed E-state index contributed by atoms with van der Waals surface area (Å²) in [5.74, 6) is 1.79. The topological polar surface area (TPSA) is 89.3 Å². The fourth-order valence-electron chi connectivity index (χ4n) is 3.89. The molecule has 2 aliphatic rings. The van der Waals surface area contributed by atoms with Crippen LogP contribution < -0.4 is 10.1 Å². The molecule has 0 aliphatic heterocycles. The van der Waals surface area contributed by atoms with E-state index in [-0.39, 0.29) is 0 Å². The molecule has 0 radical (unpaired) electrons. The first kappa shape index (κ1) is 20.5. The van der Waals surface area contributed by atoms with Crippen LogP contribution in [0.4, 0.5) is 11.5 Å². The summed E-state index contributed by atoms with van der Waals surface area (Å²) in [6.45, 7) is 3.39. The smallest absolute Gasteiger partial charge is 0.313 e. The van der Waals surface area contributed by atoms with Crippen LogP contribution in [-0.4, -0.2) is 25.8 Å². The summed E-state index contributed by atoms with van der Waals surface area (Å²) in [6.07, 6.45) is 9.71. The quantitative estimate of drug-likeness (QED) is 0.469. The highest BCUT2D eigenvalue weighted by molar-refractivity contribution is 5.81. The maximum Gasteiger partial charge on any atom is 0.313 e. The summed E-state index contributed by atoms with van der Waals surface area (Å²) < 4.78 is 8.34. The molecule has 7 heteroatoms. The Bertz CT molecular complexity index is 1150. The molecule has 32 heavy (non-hydrogen) atoms. The fraction of sp³-hybridized carbons (Fsp3) is 0.400. The maximum atomic E-state index is 11.6. The summed E-state index contributed by atoms with van der Waals surface area (Å²) in [4.78, 5) is 16.0. The number of carbonyl (C=O) groups is 1. The van der Waals surface area contributed by atoms with E-state index >= 15 is 0 Å². The van der Waals surface area contributed by atoms with Crippen molar-refractivity contribution in [3.05, 3.63) is 60.0 Å². The first-order valence-corrected chi connectivity index (χ1v) is 11.2. The van der Waals surface area contributed by atoms with Crippen molar-refractivity contribution in [1.82, 2.24) is 14.8 Å². The molecular weight excluding hydrogens is 404 g/mol. The lowest BCUT2D eigenvalue weighted by Crippen LogP contribution is -2.28. The van der Waals surface area contributed by atoms with Gasteiger partial charge < -0.3 is 15.2 Å². The van der Waals surface area contributed by atoms with Crippen molar-refractivity contribution < 1.29 is 14.6 Å². The van der Waals surface area contributed by atoms with Crippen molar-refractivity contribution in [2.24, 2.45) is 0 Å². The Labute approximate surface area is 187 Å². The third-order valence-corrected chi connectivity index (χ3v) is 6.49. The lowest BCUT2D eigenvalue weighted by atomic mass is 9.83. The molecule has 7 nitrogen and oxygen atoms in total. The summed E-state index contributed by atoms with van der Waals surface area (Å²) in [6, 6.07) is 11.6. The Balaban J connectivity index is 1.35. The molecule has 2 N–H and O–H groups in total. The molecular formula is C25H28N4O3. The number of carboxylic acid groups (broad SMARTS) is 1. The zero-order valence-electron chi connectivity index (χ0n) is 18.4. The first-order chi connectivity index (χ1) is 15.4. The molecule has 2 aliphatic carbocycles.